The fourth-order valence-corrected chi connectivity index (χ4v) is 3.95. The Kier molecular flexibility index (Phi) is 6.49. The highest BCUT2D eigenvalue weighted by Crippen LogP contribution is 2.27. The van der Waals surface area contributed by atoms with Gasteiger partial charge in [0.15, 0.2) is 0 Å². The van der Waals surface area contributed by atoms with Crippen LogP contribution in [0.5, 0.6) is 11.5 Å². The van der Waals surface area contributed by atoms with Gasteiger partial charge in [0.2, 0.25) is 0 Å². The number of carbonyl (C=O) groups is 1. The number of ether oxygens (including phenoxy) is 2. The molecule has 2 N–H and O–H groups in total. The maximum atomic E-state index is 12.6. The van der Waals surface area contributed by atoms with E-state index in [1.165, 1.54) is 32.4 Å². The monoisotopic (exact) mass is 446 g/mol. The lowest BCUT2D eigenvalue weighted by Gasteiger charge is -2.11. The summed E-state index contributed by atoms with van der Waals surface area (Å²) in [6.07, 6.45) is 0. The number of anilines is 2. The van der Waals surface area contributed by atoms with E-state index in [0.29, 0.717) is 22.2 Å². The second kappa shape index (κ2) is 9.06. The van der Waals surface area contributed by atoms with Gasteiger partial charge in [-0.2, -0.15) is 0 Å². The molecule has 0 heterocycles. The SMILES string of the molecule is COc1ccc(S(=O)(=O)Nc2cccc(C(=O)Nc3ccc(OC)c(Cl)c3)c2)cc1. The zero-order valence-electron chi connectivity index (χ0n) is 16.2. The standard InChI is InChI=1S/C21H19ClN2O5S/c1-28-17-7-9-18(10-8-17)30(26,27)24-16-5-3-4-14(12-16)21(25)23-15-6-11-20(29-2)19(22)13-15/h3-13,24H,1-2H3,(H,23,25). The highest BCUT2D eigenvalue weighted by molar-refractivity contribution is 7.92. The number of nitrogens with one attached hydrogen (secondary N) is 2. The summed E-state index contributed by atoms with van der Waals surface area (Å²) in [6, 6.07) is 17.0. The van der Waals surface area contributed by atoms with Gasteiger partial charge >= 0.3 is 0 Å². The number of amides is 1. The van der Waals surface area contributed by atoms with Gasteiger partial charge < -0.3 is 14.8 Å². The van der Waals surface area contributed by atoms with Crippen molar-refractivity contribution < 1.29 is 22.7 Å². The lowest BCUT2D eigenvalue weighted by molar-refractivity contribution is 0.102. The molecule has 0 atom stereocenters. The molecule has 0 fully saturated rings. The van der Waals surface area contributed by atoms with Crippen LogP contribution in [0.2, 0.25) is 5.02 Å². The van der Waals surface area contributed by atoms with Gasteiger partial charge in [-0.1, -0.05) is 17.7 Å². The first kappa shape index (κ1) is 21.5. The number of sulfonamides is 1. The zero-order chi connectivity index (χ0) is 21.7. The minimum Gasteiger partial charge on any atom is -0.497 e. The topological polar surface area (TPSA) is 93.7 Å². The molecule has 156 valence electrons. The summed E-state index contributed by atoms with van der Waals surface area (Å²) in [5.74, 6) is 0.623. The third-order valence-electron chi connectivity index (χ3n) is 4.16. The molecule has 0 radical (unpaired) electrons. The summed E-state index contributed by atoms with van der Waals surface area (Å²) in [5, 5.41) is 3.07. The molecule has 0 unspecified atom stereocenters. The summed E-state index contributed by atoms with van der Waals surface area (Å²) < 4.78 is 37.8. The molecule has 0 aliphatic rings. The van der Waals surface area contributed by atoms with Crippen LogP contribution in [0.4, 0.5) is 11.4 Å². The zero-order valence-corrected chi connectivity index (χ0v) is 17.8. The Hall–Kier alpha value is -3.23. The van der Waals surface area contributed by atoms with E-state index in [4.69, 9.17) is 21.1 Å². The van der Waals surface area contributed by atoms with E-state index < -0.39 is 15.9 Å². The van der Waals surface area contributed by atoms with Crippen molar-refractivity contribution in [2.75, 3.05) is 24.3 Å². The van der Waals surface area contributed by atoms with E-state index >= 15 is 0 Å². The average molecular weight is 447 g/mol. The predicted molar refractivity (Wildman–Crippen MR) is 116 cm³/mol. The van der Waals surface area contributed by atoms with Crippen molar-refractivity contribution in [2.45, 2.75) is 4.90 Å². The van der Waals surface area contributed by atoms with Crippen molar-refractivity contribution in [1.82, 2.24) is 0 Å². The van der Waals surface area contributed by atoms with E-state index in [1.54, 1.807) is 48.5 Å². The molecule has 3 aromatic rings. The molecule has 0 aromatic heterocycles. The smallest absolute Gasteiger partial charge is 0.261 e. The van der Waals surface area contributed by atoms with E-state index in [-0.39, 0.29) is 16.1 Å². The Morgan fingerprint density at radius 2 is 1.63 bits per heavy atom. The molecular weight excluding hydrogens is 428 g/mol. The van der Waals surface area contributed by atoms with Gasteiger partial charge in [0, 0.05) is 16.9 Å². The van der Waals surface area contributed by atoms with Crippen molar-refractivity contribution in [3.63, 3.8) is 0 Å². The van der Waals surface area contributed by atoms with Gasteiger partial charge in [-0.3, -0.25) is 9.52 Å². The van der Waals surface area contributed by atoms with Crippen LogP contribution >= 0.6 is 11.6 Å². The normalized spacial score (nSPS) is 10.9. The van der Waals surface area contributed by atoms with Crippen molar-refractivity contribution in [1.29, 1.82) is 0 Å². The Labute approximate surface area is 179 Å². The molecule has 3 aromatic carbocycles. The number of benzene rings is 3. The lowest BCUT2D eigenvalue weighted by atomic mass is 10.2. The van der Waals surface area contributed by atoms with Crippen LogP contribution in [0.1, 0.15) is 10.4 Å². The second-order valence-corrected chi connectivity index (χ2v) is 8.25. The van der Waals surface area contributed by atoms with Gasteiger partial charge in [0.05, 0.1) is 24.1 Å². The number of rotatable bonds is 7. The van der Waals surface area contributed by atoms with Crippen LogP contribution in [0.25, 0.3) is 0 Å². The molecule has 3 rings (SSSR count). The van der Waals surface area contributed by atoms with Crippen molar-refractivity contribution in [2.24, 2.45) is 0 Å². The molecule has 0 spiro atoms. The number of carbonyl (C=O) groups excluding carboxylic acids is 1. The molecule has 0 saturated heterocycles. The summed E-state index contributed by atoms with van der Waals surface area (Å²) in [7, 11) is -0.825. The first-order valence-electron chi connectivity index (χ1n) is 8.74. The average Bonchev–Trinajstić information content (AvgIpc) is 2.74. The molecule has 0 bridgehead atoms. The highest BCUT2D eigenvalue weighted by Gasteiger charge is 2.15. The van der Waals surface area contributed by atoms with E-state index in [9.17, 15) is 13.2 Å². The molecule has 0 aliphatic heterocycles. The van der Waals surface area contributed by atoms with E-state index in [2.05, 4.69) is 10.0 Å². The molecular formula is C21H19ClN2O5S. The minimum atomic E-state index is -3.82. The fourth-order valence-electron chi connectivity index (χ4n) is 2.64. The van der Waals surface area contributed by atoms with Gasteiger partial charge in [-0.15, -0.1) is 0 Å². The predicted octanol–water partition coefficient (Wildman–Crippen LogP) is 4.41. The van der Waals surface area contributed by atoms with E-state index in [1.807, 2.05) is 0 Å². The Bertz CT molecular complexity index is 1160. The lowest BCUT2D eigenvalue weighted by Crippen LogP contribution is -2.15. The van der Waals surface area contributed by atoms with Gasteiger partial charge in [-0.25, -0.2) is 8.42 Å². The van der Waals surface area contributed by atoms with Crippen molar-refractivity contribution in [3.8, 4) is 11.5 Å². The van der Waals surface area contributed by atoms with Gasteiger partial charge in [0.25, 0.3) is 15.9 Å². The molecule has 9 heteroatoms. The molecule has 7 nitrogen and oxygen atoms in total. The largest absolute Gasteiger partial charge is 0.497 e. The Morgan fingerprint density at radius 1 is 0.900 bits per heavy atom. The van der Waals surface area contributed by atoms with Crippen LogP contribution in [0, 0.1) is 0 Å². The van der Waals surface area contributed by atoms with E-state index in [0.717, 1.165) is 0 Å². The molecule has 30 heavy (non-hydrogen) atoms. The summed E-state index contributed by atoms with van der Waals surface area (Å²) in [5.41, 5.74) is 1.01. The molecule has 1 amide bonds. The first-order valence-corrected chi connectivity index (χ1v) is 10.6. The maximum absolute atomic E-state index is 12.6. The number of hydrogen-bond acceptors (Lipinski definition) is 5. The third-order valence-corrected chi connectivity index (χ3v) is 5.85. The van der Waals surface area contributed by atoms with Crippen LogP contribution in [0.15, 0.2) is 71.6 Å². The highest BCUT2D eigenvalue weighted by atomic mass is 35.5. The van der Waals surface area contributed by atoms with Crippen LogP contribution in [0.3, 0.4) is 0 Å². The number of hydrogen-bond donors (Lipinski definition) is 2. The Morgan fingerprint density at radius 3 is 2.27 bits per heavy atom. The van der Waals surface area contributed by atoms with Crippen molar-refractivity contribution >= 4 is 38.9 Å². The second-order valence-electron chi connectivity index (χ2n) is 6.17. The minimum absolute atomic E-state index is 0.0750. The van der Waals surface area contributed by atoms with Crippen LogP contribution in [-0.2, 0) is 10.0 Å². The first-order chi connectivity index (χ1) is 14.3. The third kappa shape index (κ3) is 5.03. The molecule has 0 saturated carbocycles. The van der Waals surface area contributed by atoms with Gasteiger partial charge in [-0.05, 0) is 60.7 Å². The van der Waals surface area contributed by atoms with Crippen LogP contribution in [-0.4, -0.2) is 28.5 Å². The van der Waals surface area contributed by atoms with Gasteiger partial charge in [0.1, 0.15) is 11.5 Å². The maximum Gasteiger partial charge on any atom is 0.261 e. The van der Waals surface area contributed by atoms with Crippen molar-refractivity contribution in [3.05, 3.63) is 77.3 Å². The quantitative estimate of drug-likeness (QED) is 0.560. The number of methoxy groups -OCH3 is 2. The summed E-state index contributed by atoms with van der Waals surface area (Å²) in [4.78, 5) is 12.6. The fraction of sp³-hybridized carbons (Fsp3) is 0.0952. The van der Waals surface area contributed by atoms with Crippen LogP contribution < -0.4 is 19.5 Å². The number of halogens is 1. The molecule has 0 aliphatic carbocycles. The summed E-state index contributed by atoms with van der Waals surface area (Å²) in [6.45, 7) is 0. The Balaban J connectivity index is 1.76. The summed E-state index contributed by atoms with van der Waals surface area (Å²) >= 11 is 6.07.